The van der Waals surface area contributed by atoms with Crippen molar-refractivity contribution in [2.24, 2.45) is 0 Å². The van der Waals surface area contributed by atoms with Crippen LogP contribution in [0.5, 0.6) is 0 Å². The van der Waals surface area contributed by atoms with Gasteiger partial charge in [0.05, 0.1) is 5.56 Å². The van der Waals surface area contributed by atoms with Crippen LogP contribution >= 0.6 is 11.8 Å². The lowest BCUT2D eigenvalue weighted by molar-refractivity contribution is -0.142. The van der Waals surface area contributed by atoms with Crippen molar-refractivity contribution in [3.05, 3.63) is 17.5 Å². The van der Waals surface area contributed by atoms with Crippen LogP contribution in [0.25, 0.3) is 0 Å². The number of hydrogen-bond acceptors (Lipinski definition) is 4. The van der Waals surface area contributed by atoms with E-state index < -0.39 is 23.2 Å². The number of rotatable bonds is 2. The maximum atomic E-state index is 12.5. The molecule has 0 aliphatic heterocycles. The normalized spacial score (nSPS) is 11.5. The van der Waals surface area contributed by atoms with Crippen molar-refractivity contribution in [1.82, 2.24) is 9.97 Å². The Morgan fingerprint density at radius 1 is 1.47 bits per heavy atom. The number of ketones is 1. The molecule has 0 N–H and O–H groups in total. The SMILES string of the molecule is CSc1ncc(C(C)=O)c(C(F)(F)F)n1. The molecule has 7 heteroatoms. The van der Waals surface area contributed by atoms with Crippen LogP contribution in [0.15, 0.2) is 11.4 Å². The zero-order chi connectivity index (χ0) is 11.6. The summed E-state index contributed by atoms with van der Waals surface area (Å²) >= 11 is 0.986. The lowest BCUT2D eigenvalue weighted by Gasteiger charge is -2.09. The molecule has 0 bridgehead atoms. The lowest BCUT2D eigenvalue weighted by atomic mass is 10.1. The van der Waals surface area contributed by atoms with Crippen molar-refractivity contribution < 1.29 is 18.0 Å². The zero-order valence-corrected chi connectivity index (χ0v) is 8.74. The first-order chi connectivity index (χ1) is 6.86. The molecule has 3 nitrogen and oxygen atoms in total. The second kappa shape index (κ2) is 4.18. The highest BCUT2D eigenvalue weighted by atomic mass is 32.2. The van der Waals surface area contributed by atoms with Crippen LogP contribution in [0.2, 0.25) is 0 Å². The van der Waals surface area contributed by atoms with Gasteiger partial charge in [0.2, 0.25) is 0 Å². The van der Waals surface area contributed by atoms with Gasteiger partial charge >= 0.3 is 6.18 Å². The Bertz CT molecular complexity index is 392. The summed E-state index contributed by atoms with van der Waals surface area (Å²) in [6.07, 6.45) is -2.17. The zero-order valence-electron chi connectivity index (χ0n) is 7.92. The molecule has 0 amide bonds. The van der Waals surface area contributed by atoms with Gasteiger partial charge in [-0.15, -0.1) is 0 Å². The molecule has 0 aliphatic rings. The summed E-state index contributed by atoms with van der Waals surface area (Å²) in [6, 6.07) is 0. The Morgan fingerprint density at radius 2 is 2.07 bits per heavy atom. The summed E-state index contributed by atoms with van der Waals surface area (Å²) in [6.45, 7) is 1.05. The number of carbonyl (C=O) groups excluding carboxylic acids is 1. The number of thioether (sulfide) groups is 1. The molecule has 1 rings (SSSR count). The molecule has 1 aromatic heterocycles. The number of alkyl halides is 3. The Balaban J connectivity index is 3.36. The summed E-state index contributed by atoms with van der Waals surface area (Å²) in [5.74, 6) is -0.699. The monoisotopic (exact) mass is 236 g/mol. The molecule has 82 valence electrons. The van der Waals surface area contributed by atoms with Crippen LogP contribution in [0.1, 0.15) is 23.0 Å². The number of carbonyl (C=O) groups is 1. The van der Waals surface area contributed by atoms with E-state index in [1.54, 1.807) is 6.26 Å². The summed E-state index contributed by atoms with van der Waals surface area (Å²) in [7, 11) is 0. The van der Waals surface area contributed by atoms with E-state index in [0.717, 1.165) is 24.9 Å². The molecule has 15 heavy (non-hydrogen) atoms. The predicted octanol–water partition coefficient (Wildman–Crippen LogP) is 2.42. The van der Waals surface area contributed by atoms with Crippen LogP contribution < -0.4 is 0 Å². The number of aromatic nitrogens is 2. The highest BCUT2D eigenvalue weighted by Gasteiger charge is 2.37. The predicted molar refractivity (Wildman–Crippen MR) is 48.8 cm³/mol. The van der Waals surface area contributed by atoms with E-state index in [4.69, 9.17) is 0 Å². The number of hydrogen-bond donors (Lipinski definition) is 0. The first-order valence-corrected chi connectivity index (χ1v) is 5.08. The molecule has 1 heterocycles. The Labute approximate surface area is 88.1 Å². The van der Waals surface area contributed by atoms with E-state index in [-0.39, 0.29) is 5.16 Å². The fraction of sp³-hybridized carbons (Fsp3) is 0.375. The quantitative estimate of drug-likeness (QED) is 0.449. The third kappa shape index (κ3) is 2.68. The largest absolute Gasteiger partial charge is 0.434 e. The van der Waals surface area contributed by atoms with Crippen molar-refractivity contribution in [1.29, 1.82) is 0 Å². The summed E-state index contributed by atoms with van der Waals surface area (Å²) in [5.41, 5.74) is -1.67. The van der Waals surface area contributed by atoms with Crippen molar-refractivity contribution >= 4 is 17.5 Å². The highest BCUT2D eigenvalue weighted by molar-refractivity contribution is 7.98. The Morgan fingerprint density at radius 3 is 2.47 bits per heavy atom. The highest BCUT2D eigenvalue weighted by Crippen LogP contribution is 2.31. The Hall–Kier alpha value is -1.11. The fourth-order valence-electron chi connectivity index (χ4n) is 0.938. The molecule has 0 radical (unpaired) electrons. The number of Topliss-reactive ketones (excluding diaryl/α,β-unsaturated/α-hetero) is 1. The molecule has 0 aromatic carbocycles. The van der Waals surface area contributed by atoms with Gasteiger partial charge in [-0.2, -0.15) is 13.2 Å². The van der Waals surface area contributed by atoms with Crippen LogP contribution in [0, 0.1) is 0 Å². The van der Waals surface area contributed by atoms with Gasteiger partial charge in [-0.1, -0.05) is 11.8 Å². The van der Waals surface area contributed by atoms with Gasteiger partial charge in [-0.25, -0.2) is 9.97 Å². The summed E-state index contributed by atoms with van der Waals surface area (Å²) in [5, 5.41) is -0.00711. The molecule has 0 unspecified atom stereocenters. The van der Waals surface area contributed by atoms with Crippen LogP contribution in [0.4, 0.5) is 13.2 Å². The fourth-order valence-corrected chi connectivity index (χ4v) is 1.28. The summed E-state index contributed by atoms with van der Waals surface area (Å²) in [4.78, 5) is 17.8. The average Bonchev–Trinajstić information content (AvgIpc) is 2.15. The average molecular weight is 236 g/mol. The second-order valence-electron chi connectivity index (χ2n) is 2.67. The topological polar surface area (TPSA) is 42.9 Å². The second-order valence-corrected chi connectivity index (χ2v) is 3.45. The van der Waals surface area contributed by atoms with Gasteiger partial charge in [0.1, 0.15) is 0 Å². The third-order valence-electron chi connectivity index (χ3n) is 1.60. The molecular weight excluding hydrogens is 229 g/mol. The minimum absolute atomic E-state index is 0.00711. The van der Waals surface area contributed by atoms with E-state index >= 15 is 0 Å². The molecule has 0 spiro atoms. The van der Waals surface area contributed by atoms with Gasteiger partial charge < -0.3 is 0 Å². The molecule has 0 fully saturated rings. The van der Waals surface area contributed by atoms with Crippen LogP contribution in [0.3, 0.4) is 0 Å². The maximum absolute atomic E-state index is 12.5. The van der Waals surface area contributed by atoms with Gasteiger partial charge in [-0.3, -0.25) is 4.79 Å². The minimum Gasteiger partial charge on any atom is -0.294 e. The standard InChI is InChI=1S/C8H7F3N2OS/c1-4(14)5-3-12-7(15-2)13-6(5)8(9,10)11/h3H,1-2H3. The van der Waals surface area contributed by atoms with Gasteiger partial charge in [-0.05, 0) is 13.2 Å². The van der Waals surface area contributed by atoms with E-state index in [9.17, 15) is 18.0 Å². The van der Waals surface area contributed by atoms with Crippen molar-refractivity contribution in [3.63, 3.8) is 0 Å². The lowest BCUT2D eigenvalue weighted by Crippen LogP contribution is -2.15. The maximum Gasteiger partial charge on any atom is 0.434 e. The van der Waals surface area contributed by atoms with Crippen LogP contribution in [-0.4, -0.2) is 22.0 Å². The van der Waals surface area contributed by atoms with E-state index in [1.807, 2.05) is 0 Å². The number of halogens is 3. The van der Waals surface area contributed by atoms with E-state index in [2.05, 4.69) is 9.97 Å². The molecule has 1 aromatic rings. The van der Waals surface area contributed by atoms with E-state index in [1.165, 1.54) is 0 Å². The van der Waals surface area contributed by atoms with Crippen molar-refractivity contribution in [3.8, 4) is 0 Å². The smallest absolute Gasteiger partial charge is 0.294 e. The Kier molecular flexibility index (Phi) is 3.33. The third-order valence-corrected chi connectivity index (χ3v) is 2.16. The summed E-state index contributed by atoms with van der Waals surface area (Å²) < 4.78 is 37.4. The minimum atomic E-state index is -4.63. The molecule has 0 saturated heterocycles. The van der Waals surface area contributed by atoms with E-state index in [0.29, 0.717) is 0 Å². The van der Waals surface area contributed by atoms with Gasteiger partial charge in [0.15, 0.2) is 16.6 Å². The van der Waals surface area contributed by atoms with Gasteiger partial charge in [0.25, 0.3) is 0 Å². The molecule has 0 atom stereocenters. The number of nitrogens with zero attached hydrogens (tertiary/aromatic N) is 2. The molecular formula is C8H7F3N2OS. The first-order valence-electron chi connectivity index (χ1n) is 3.85. The molecule has 0 saturated carbocycles. The molecule has 0 aliphatic carbocycles. The van der Waals surface area contributed by atoms with Crippen molar-refractivity contribution in [2.45, 2.75) is 18.3 Å². The first kappa shape index (κ1) is 12.0. The van der Waals surface area contributed by atoms with Gasteiger partial charge in [0, 0.05) is 6.20 Å². The van der Waals surface area contributed by atoms with Crippen molar-refractivity contribution in [2.75, 3.05) is 6.26 Å². The van der Waals surface area contributed by atoms with Crippen LogP contribution in [-0.2, 0) is 6.18 Å².